The van der Waals surface area contributed by atoms with Crippen LogP contribution in [0.2, 0.25) is 0 Å². The van der Waals surface area contributed by atoms with Crippen LogP contribution in [-0.4, -0.2) is 70.1 Å². The van der Waals surface area contributed by atoms with Crippen LogP contribution in [0.5, 0.6) is 0 Å². The number of fused-ring (bicyclic) bond motifs is 2. The van der Waals surface area contributed by atoms with Crippen molar-refractivity contribution in [1.29, 1.82) is 0 Å². The van der Waals surface area contributed by atoms with E-state index in [0.717, 1.165) is 56.3 Å². The van der Waals surface area contributed by atoms with Gasteiger partial charge in [0.25, 0.3) is 17.0 Å². The molecule has 10 aromatic rings. The van der Waals surface area contributed by atoms with Gasteiger partial charge in [0.05, 0.1) is 22.9 Å². The van der Waals surface area contributed by atoms with Crippen molar-refractivity contribution in [1.82, 2.24) is 44.4 Å². The molecular weight excluding hydrogens is 1010 g/mol. The van der Waals surface area contributed by atoms with E-state index in [1.54, 1.807) is 21.5 Å². The van der Waals surface area contributed by atoms with E-state index >= 15 is 0 Å². The molecule has 0 spiro atoms. The molecule has 10 N–H and O–H groups in total. The molecule has 0 fully saturated rings. The maximum absolute atomic E-state index is 14.3. The number of carbonyl (C=O) groups is 2. The first-order valence-electron chi connectivity index (χ1n) is 24.4. The molecule has 0 aliphatic rings. The number of nitrogens with two attached hydrogens (primary N) is 3. The second-order valence-electron chi connectivity index (χ2n) is 17.6. The molecule has 4 aromatic carbocycles. The number of pyridine rings is 4. The minimum atomic E-state index is -1.19. The van der Waals surface area contributed by atoms with Crippen LogP contribution in [0, 0.1) is 13.8 Å². The van der Waals surface area contributed by atoms with Crippen LogP contribution in [0.25, 0.3) is 55.2 Å². The fourth-order valence-corrected chi connectivity index (χ4v) is 9.02. The number of aromatic carboxylic acids is 1. The van der Waals surface area contributed by atoms with Gasteiger partial charge in [0.2, 0.25) is 11.9 Å². The van der Waals surface area contributed by atoms with Crippen LogP contribution in [-0.2, 0) is 0 Å². The summed E-state index contributed by atoms with van der Waals surface area (Å²) >= 11 is 0. The molecule has 0 saturated carbocycles. The van der Waals surface area contributed by atoms with Crippen LogP contribution in [0.15, 0.2) is 168 Å². The number of carbonyl (C=O) groups excluding carboxylic acids is 1. The first kappa shape index (κ1) is 55.9. The third kappa shape index (κ3) is 11.8. The number of hydrogen-bond donors (Lipinski definition) is 7. The van der Waals surface area contributed by atoms with Gasteiger partial charge < -0.3 is 38.3 Å². The number of carboxylic acids is 1. The van der Waals surface area contributed by atoms with Crippen molar-refractivity contribution in [3.05, 3.63) is 213 Å². The third-order valence-corrected chi connectivity index (χ3v) is 12.5. The Labute approximate surface area is 454 Å². The molecular formula is C58H57ClN14O5. The lowest BCUT2D eigenvalue weighted by Crippen LogP contribution is -2.27. The maximum Gasteiger partial charge on any atom is 0.341 e. The van der Waals surface area contributed by atoms with Crippen LogP contribution < -0.4 is 44.3 Å². The van der Waals surface area contributed by atoms with Gasteiger partial charge in [-0.25, -0.2) is 14.8 Å². The van der Waals surface area contributed by atoms with Crippen LogP contribution >= 0.6 is 12.4 Å². The predicted octanol–water partition coefficient (Wildman–Crippen LogP) is 8.87. The summed E-state index contributed by atoms with van der Waals surface area (Å²) in [5, 5.41) is 21.3. The number of nitrogens with one attached hydrogen (secondary N) is 3. The summed E-state index contributed by atoms with van der Waals surface area (Å²) in [7, 11) is 3.03. The molecule has 2 atom stereocenters. The molecule has 0 radical (unpaired) electrons. The summed E-state index contributed by atoms with van der Waals surface area (Å²) in [6, 6.07) is 41.0. The topological polar surface area (TPSA) is 290 Å². The standard InChI is InChI=1S/C29H27N7O2.C28H24N6O3.CH5N.ClH/c1-17-14-19(12-13-32-17)22-11-7-8-20-15-24(36(28(38)25(20)22)21-9-5-4-6-10-21)18(2)34-26-23(27(37)31-3)16-33-29(30)35-26;1-16-13-18(11-12-30-16)21-10-6-7-19-14-23(34(26(35)24(19)21)20-8-4-3-5-9-20)17(2)32-25-22(27(36)37)15-31-28(29)33-25;1-2;/h4-16,18H,1-3H3,(H,31,37)(H3,30,33,34,35);3-15,17H,1-2H3,(H,36,37)(H3,29,31,32,33);2H2,1H3;1H/t18-;17-;;/m00../s1. The van der Waals surface area contributed by atoms with Crippen LogP contribution in [0.1, 0.15) is 69.4 Å². The number of anilines is 4. The van der Waals surface area contributed by atoms with Crippen molar-refractivity contribution < 1.29 is 14.7 Å². The first-order valence-corrected chi connectivity index (χ1v) is 24.4. The lowest BCUT2D eigenvalue weighted by Gasteiger charge is -2.23. The number of aromatic nitrogens is 8. The predicted molar refractivity (Wildman–Crippen MR) is 310 cm³/mol. The number of para-hydroxylation sites is 2. The number of aryl methyl sites for hydroxylation is 2. The Morgan fingerprint density at radius 1 is 0.564 bits per heavy atom. The Morgan fingerprint density at radius 2 is 0.974 bits per heavy atom. The smallest absolute Gasteiger partial charge is 0.341 e. The molecule has 396 valence electrons. The fraction of sp³-hybridized carbons (Fsp3) is 0.138. The molecule has 1 amide bonds. The van der Waals surface area contributed by atoms with E-state index < -0.39 is 18.1 Å². The molecule has 6 heterocycles. The molecule has 10 rings (SSSR count). The second-order valence-corrected chi connectivity index (χ2v) is 17.6. The van der Waals surface area contributed by atoms with Crippen molar-refractivity contribution in [2.75, 3.05) is 36.2 Å². The van der Waals surface area contributed by atoms with Crippen molar-refractivity contribution in [3.63, 3.8) is 0 Å². The summed E-state index contributed by atoms with van der Waals surface area (Å²) in [6.07, 6.45) is 6.02. The van der Waals surface area contributed by atoms with Gasteiger partial charge in [-0.3, -0.25) is 33.5 Å². The van der Waals surface area contributed by atoms with Gasteiger partial charge in [-0.2, -0.15) is 9.97 Å². The zero-order valence-corrected chi connectivity index (χ0v) is 44.3. The van der Waals surface area contributed by atoms with E-state index in [-0.39, 0.29) is 64.1 Å². The number of benzene rings is 4. The van der Waals surface area contributed by atoms with E-state index in [2.05, 4.69) is 51.6 Å². The Hall–Kier alpha value is -9.85. The van der Waals surface area contributed by atoms with Crippen LogP contribution in [0.3, 0.4) is 0 Å². The van der Waals surface area contributed by atoms with E-state index in [9.17, 15) is 24.3 Å². The molecule has 19 nitrogen and oxygen atoms in total. The number of rotatable bonds is 12. The van der Waals surface area contributed by atoms with Gasteiger partial charge in [-0.15, -0.1) is 12.4 Å². The number of hydrogen-bond acceptors (Lipinski definition) is 15. The Morgan fingerprint density at radius 3 is 1.37 bits per heavy atom. The molecule has 0 saturated heterocycles. The second kappa shape index (κ2) is 24.7. The van der Waals surface area contributed by atoms with E-state index in [4.69, 9.17) is 11.5 Å². The Kier molecular flexibility index (Phi) is 17.7. The normalized spacial score (nSPS) is 11.4. The molecule has 0 unspecified atom stereocenters. The summed E-state index contributed by atoms with van der Waals surface area (Å²) in [5.41, 5.74) is 23.7. The zero-order valence-electron chi connectivity index (χ0n) is 43.5. The molecule has 78 heavy (non-hydrogen) atoms. The average molecular weight is 1070 g/mol. The molecule has 0 aliphatic carbocycles. The van der Waals surface area contributed by atoms with Crippen molar-refractivity contribution in [3.8, 4) is 33.6 Å². The maximum atomic E-state index is 14.3. The van der Waals surface area contributed by atoms with Gasteiger partial charge in [0, 0.05) is 66.0 Å². The summed E-state index contributed by atoms with van der Waals surface area (Å²) < 4.78 is 3.34. The monoisotopic (exact) mass is 1060 g/mol. The highest BCUT2D eigenvalue weighted by molar-refractivity contribution is 5.99. The number of carboxylic acid groups (broad SMARTS) is 1. The fourth-order valence-electron chi connectivity index (χ4n) is 9.02. The Balaban J connectivity index is 0.000000217. The van der Waals surface area contributed by atoms with E-state index in [1.807, 2.05) is 161 Å². The molecule has 20 heteroatoms. The van der Waals surface area contributed by atoms with E-state index in [0.29, 0.717) is 27.8 Å². The van der Waals surface area contributed by atoms with Gasteiger partial charge in [-0.1, -0.05) is 72.8 Å². The average Bonchev–Trinajstić information content (AvgIpc) is 3.50. The number of halogens is 1. The Bertz CT molecular complexity index is 3930. The summed E-state index contributed by atoms with van der Waals surface area (Å²) in [5.74, 6) is -1.22. The van der Waals surface area contributed by atoms with Crippen molar-refractivity contribution in [2.45, 2.75) is 39.8 Å². The number of amides is 1. The number of nitrogen functional groups attached to an aromatic ring is 2. The van der Waals surface area contributed by atoms with Gasteiger partial charge >= 0.3 is 5.97 Å². The van der Waals surface area contributed by atoms with E-state index in [1.165, 1.54) is 20.3 Å². The largest absolute Gasteiger partial charge is 0.477 e. The highest BCUT2D eigenvalue weighted by Crippen LogP contribution is 2.33. The lowest BCUT2D eigenvalue weighted by molar-refractivity contribution is 0.0696. The first-order chi connectivity index (χ1) is 37.2. The van der Waals surface area contributed by atoms with Crippen molar-refractivity contribution >= 4 is 69.4 Å². The zero-order chi connectivity index (χ0) is 54.9. The number of nitrogens with zero attached hydrogens (tertiary/aromatic N) is 8. The third-order valence-electron chi connectivity index (χ3n) is 12.5. The summed E-state index contributed by atoms with van der Waals surface area (Å²) in [4.78, 5) is 77.3. The van der Waals surface area contributed by atoms with Crippen LogP contribution in [0.4, 0.5) is 23.5 Å². The minimum absolute atomic E-state index is 0. The SMILES string of the molecule is CN.CNC(=O)c1cnc(N)nc1N[C@@H](C)c1cc2cccc(-c3ccnc(C)c3)c2c(=O)n1-c1ccccc1.Cc1cc(-c2cccc3cc([C@H](C)Nc4nc(N)ncc4C(=O)O)n(-c4ccccc4)c(=O)c23)ccn1.Cl. The highest BCUT2D eigenvalue weighted by atomic mass is 35.5. The molecule has 0 bridgehead atoms. The summed E-state index contributed by atoms with van der Waals surface area (Å²) in [6.45, 7) is 7.57. The van der Waals surface area contributed by atoms with Crippen molar-refractivity contribution in [2.24, 2.45) is 5.73 Å². The quantitative estimate of drug-likeness (QED) is 0.0601. The highest BCUT2D eigenvalue weighted by Gasteiger charge is 2.24. The minimum Gasteiger partial charge on any atom is -0.477 e. The van der Waals surface area contributed by atoms with Gasteiger partial charge in [-0.05, 0) is 128 Å². The molecule has 0 aliphatic heterocycles. The molecule has 6 aromatic heterocycles. The van der Waals surface area contributed by atoms with Gasteiger partial charge in [0.15, 0.2) is 0 Å². The lowest BCUT2D eigenvalue weighted by atomic mass is 9.98. The van der Waals surface area contributed by atoms with Gasteiger partial charge in [0.1, 0.15) is 22.8 Å².